The van der Waals surface area contributed by atoms with E-state index in [0.717, 1.165) is 29.7 Å². The topological polar surface area (TPSA) is 63.1 Å². The molecule has 1 saturated heterocycles. The Kier molecular flexibility index (Phi) is 7.18. The number of rotatable bonds is 7. The molecule has 2 aromatic heterocycles. The van der Waals surface area contributed by atoms with Gasteiger partial charge in [0.1, 0.15) is 0 Å². The first-order valence-corrected chi connectivity index (χ1v) is 12.8. The minimum atomic E-state index is 0.170. The summed E-state index contributed by atoms with van der Waals surface area (Å²) in [6, 6.07) is 0.280. The fourth-order valence-corrected chi connectivity index (χ4v) is 5.91. The van der Waals surface area contributed by atoms with Crippen molar-refractivity contribution in [3.05, 3.63) is 23.0 Å². The average Bonchev–Trinajstić information content (AvgIpc) is 3.23. The number of fused-ring (bicyclic) bond motifs is 1. The highest BCUT2D eigenvalue weighted by Gasteiger charge is 2.38. The molecule has 0 radical (unpaired) electrons. The van der Waals surface area contributed by atoms with E-state index in [1.165, 1.54) is 75.6 Å². The van der Waals surface area contributed by atoms with Crippen LogP contribution in [0.2, 0.25) is 0 Å². The van der Waals surface area contributed by atoms with Crippen molar-refractivity contribution >= 4 is 16.9 Å². The Labute approximate surface area is 193 Å². The zero-order valence-corrected chi connectivity index (χ0v) is 20.5. The van der Waals surface area contributed by atoms with Crippen molar-refractivity contribution < 1.29 is 4.79 Å². The van der Waals surface area contributed by atoms with Gasteiger partial charge in [0.05, 0.1) is 6.20 Å². The number of nitrogens with zero attached hydrogens (tertiary/aromatic N) is 4. The second-order valence-corrected chi connectivity index (χ2v) is 10.3. The first-order chi connectivity index (χ1) is 15.4. The van der Waals surface area contributed by atoms with E-state index in [9.17, 15) is 4.79 Å². The first kappa shape index (κ1) is 23.2. The van der Waals surface area contributed by atoms with Crippen LogP contribution in [0, 0.1) is 13.8 Å². The molecule has 2 aliphatic rings. The van der Waals surface area contributed by atoms with Gasteiger partial charge >= 0.3 is 0 Å². The van der Waals surface area contributed by atoms with Crippen LogP contribution in [0.4, 0.5) is 0 Å². The lowest BCUT2D eigenvalue weighted by molar-refractivity contribution is -0.122. The van der Waals surface area contributed by atoms with E-state index >= 15 is 0 Å². The molecule has 0 aromatic carbocycles. The number of hydrogen-bond donors (Lipinski definition) is 1. The largest absolute Gasteiger partial charge is 0.354 e. The molecular weight excluding hydrogens is 398 g/mol. The van der Waals surface area contributed by atoms with Gasteiger partial charge in [0.2, 0.25) is 5.91 Å². The minimum Gasteiger partial charge on any atom is -0.354 e. The summed E-state index contributed by atoms with van der Waals surface area (Å²) in [4.78, 5) is 20.4. The number of hydrogen-bond acceptors (Lipinski definition) is 4. The summed E-state index contributed by atoms with van der Waals surface area (Å²) in [5.41, 5.74) is 4.56. The highest BCUT2D eigenvalue weighted by atomic mass is 16.1. The second kappa shape index (κ2) is 9.90. The highest BCUT2D eigenvalue weighted by Crippen LogP contribution is 2.35. The van der Waals surface area contributed by atoms with Crippen LogP contribution in [-0.4, -0.2) is 50.7 Å². The second-order valence-electron chi connectivity index (χ2n) is 10.3. The predicted octanol–water partition coefficient (Wildman–Crippen LogP) is 4.87. The van der Waals surface area contributed by atoms with Crippen molar-refractivity contribution in [1.29, 1.82) is 0 Å². The Hall–Kier alpha value is -1.95. The van der Waals surface area contributed by atoms with Crippen LogP contribution in [0.15, 0.2) is 6.20 Å². The molecule has 1 amide bonds. The predicted molar refractivity (Wildman–Crippen MR) is 130 cm³/mol. The summed E-state index contributed by atoms with van der Waals surface area (Å²) >= 11 is 0. The quantitative estimate of drug-likeness (QED) is 0.669. The van der Waals surface area contributed by atoms with Crippen LogP contribution in [0.25, 0.3) is 11.0 Å². The smallest absolute Gasteiger partial charge is 0.220 e. The summed E-state index contributed by atoms with van der Waals surface area (Å²) in [6.45, 7) is 11.7. The number of aromatic nitrogens is 3. The van der Waals surface area contributed by atoms with Gasteiger partial charge in [0.15, 0.2) is 5.65 Å². The summed E-state index contributed by atoms with van der Waals surface area (Å²) in [5.74, 6) is 0.170. The standard InChI is InChI=1S/C26H41N5O/c1-19(2)31-25-23(17-28-31)20(3)22(21(4)29-25)11-12-24(32)27-18-26(13-7-5-8-14-26)30-15-9-6-10-16-30/h17,19H,5-16,18H2,1-4H3,(H,27,32). The van der Waals surface area contributed by atoms with Crippen molar-refractivity contribution in [1.82, 2.24) is 25.0 Å². The third-order valence-electron chi connectivity index (χ3n) is 7.85. The molecule has 1 saturated carbocycles. The fourth-order valence-electron chi connectivity index (χ4n) is 5.91. The van der Waals surface area contributed by atoms with E-state index in [1.54, 1.807) is 0 Å². The summed E-state index contributed by atoms with van der Waals surface area (Å²) in [5, 5.41) is 8.98. The van der Waals surface area contributed by atoms with Crippen LogP contribution < -0.4 is 5.32 Å². The third-order valence-corrected chi connectivity index (χ3v) is 7.85. The molecular formula is C26H41N5O. The summed E-state index contributed by atoms with van der Waals surface area (Å²) in [7, 11) is 0. The Morgan fingerprint density at radius 1 is 1.09 bits per heavy atom. The summed E-state index contributed by atoms with van der Waals surface area (Å²) < 4.78 is 1.98. The van der Waals surface area contributed by atoms with E-state index in [4.69, 9.17) is 4.98 Å². The van der Waals surface area contributed by atoms with Gasteiger partial charge in [-0.1, -0.05) is 25.7 Å². The van der Waals surface area contributed by atoms with Crippen molar-refractivity contribution in [2.45, 2.75) is 103 Å². The molecule has 0 unspecified atom stereocenters. The summed E-state index contributed by atoms with van der Waals surface area (Å²) in [6.07, 6.45) is 13.5. The lowest BCUT2D eigenvalue weighted by Gasteiger charge is -2.48. The molecule has 4 rings (SSSR count). The molecule has 1 N–H and O–H groups in total. The van der Waals surface area contributed by atoms with E-state index in [1.807, 2.05) is 10.9 Å². The van der Waals surface area contributed by atoms with Crippen molar-refractivity contribution in [3.63, 3.8) is 0 Å². The van der Waals surface area contributed by atoms with Gasteiger partial charge in [0.25, 0.3) is 0 Å². The maximum atomic E-state index is 12.9. The number of likely N-dealkylation sites (tertiary alicyclic amines) is 1. The van der Waals surface area contributed by atoms with Gasteiger partial charge in [-0.05, 0) is 84.0 Å². The SMILES string of the molecule is Cc1nc2c(cnn2C(C)C)c(C)c1CCC(=O)NCC1(N2CCCCC2)CCCCC1. The zero-order chi connectivity index (χ0) is 22.7. The molecule has 6 nitrogen and oxygen atoms in total. The lowest BCUT2D eigenvalue weighted by Crippen LogP contribution is -2.58. The number of carbonyl (C=O) groups excluding carboxylic acids is 1. The Morgan fingerprint density at radius 3 is 2.47 bits per heavy atom. The normalized spacial score (nSPS) is 19.5. The molecule has 1 aliphatic carbocycles. The number of nitrogens with one attached hydrogen (secondary N) is 1. The van der Waals surface area contributed by atoms with Crippen LogP contribution in [0.1, 0.15) is 94.5 Å². The number of pyridine rings is 1. The molecule has 3 heterocycles. The minimum absolute atomic E-state index is 0.170. The fraction of sp³-hybridized carbons (Fsp3) is 0.731. The van der Waals surface area contributed by atoms with Gasteiger partial charge in [0, 0.05) is 35.6 Å². The van der Waals surface area contributed by atoms with Crippen molar-refractivity contribution in [3.8, 4) is 0 Å². The van der Waals surface area contributed by atoms with Gasteiger partial charge in [-0.3, -0.25) is 9.69 Å². The molecule has 2 fully saturated rings. The monoisotopic (exact) mass is 439 g/mol. The Morgan fingerprint density at radius 2 is 1.78 bits per heavy atom. The van der Waals surface area contributed by atoms with E-state index < -0.39 is 0 Å². The van der Waals surface area contributed by atoms with Gasteiger partial charge < -0.3 is 5.32 Å². The highest BCUT2D eigenvalue weighted by molar-refractivity contribution is 5.81. The van der Waals surface area contributed by atoms with E-state index in [0.29, 0.717) is 6.42 Å². The number of amides is 1. The van der Waals surface area contributed by atoms with Gasteiger partial charge in [-0.15, -0.1) is 0 Å². The van der Waals surface area contributed by atoms with Crippen molar-refractivity contribution in [2.75, 3.05) is 19.6 Å². The molecule has 1 aliphatic heterocycles. The average molecular weight is 440 g/mol. The van der Waals surface area contributed by atoms with Gasteiger partial charge in [-0.2, -0.15) is 5.10 Å². The molecule has 6 heteroatoms. The molecule has 0 bridgehead atoms. The van der Waals surface area contributed by atoms with Crippen LogP contribution >= 0.6 is 0 Å². The van der Waals surface area contributed by atoms with E-state index in [-0.39, 0.29) is 17.5 Å². The molecule has 176 valence electrons. The molecule has 2 aromatic rings. The zero-order valence-electron chi connectivity index (χ0n) is 20.5. The first-order valence-electron chi connectivity index (χ1n) is 12.8. The number of carbonyl (C=O) groups is 1. The maximum absolute atomic E-state index is 12.9. The number of aryl methyl sites for hydroxylation is 2. The van der Waals surface area contributed by atoms with Gasteiger partial charge in [-0.25, -0.2) is 9.67 Å². The molecule has 0 atom stereocenters. The van der Waals surface area contributed by atoms with Crippen molar-refractivity contribution in [2.24, 2.45) is 0 Å². The van der Waals surface area contributed by atoms with Crippen LogP contribution in [0.5, 0.6) is 0 Å². The molecule has 32 heavy (non-hydrogen) atoms. The Balaban J connectivity index is 1.40. The maximum Gasteiger partial charge on any atom is 0.220 e. The Bertz CT molecular complexity index is 935. The van der Waals surface area contributed by atoms with Crippen LogP contribution in [0.3, 0.4) is 0 Å². The third kappa shape index (κ3) is 4.70. The lowest BCUT2D eigenvalue weighted by atomic mass is 9.79. The van der Waals surface area contributed by atoms with Crippen LogP contribution in [-0.2, 0) is 11.2 Å². The molecule has 0 spiro atoms. The van der Waals surface area contributed by atoms with E-state index in [2.05, 4.69) is 43.0 Å². The number of piperidine rings is 1.